The van der Waals surface area contributed by atoms with Gasteiger partial charge in [0, 0.05) is 166 Å². The molecule has 11 aromatic carbocycles. The normalized spacial score (nSPS) is 10.9. The summed E-state index contributed by atoms with van der Waals surface area (Å²) >= 11 is 0. The number of halogens is 3. The Morgan fingerprint density at radius 2 is 0.840 bits per heavy atom. The zero-order valence-corrected chi connectivity index (χ0v) is 83.9. The van der Waals surface area contributed by atoms with Crippen LogP contribution in [0.2, 0.25) is 0 Å². The number of fused-ring (bicyclic) bond motifs is 5. The number of hydrogen-bond acceptors (Lipinski definition) is 11. The molecule has 0 bridgehead atoms. The van der Waals surface area contributed by atoms with E-state index in [1.165, 1.54) is 93.6 Å². The zero-order chi connectivity index (χ0) is 86.3. The fraction of sp³-hybridized carbons (Fsp3) is 0.179. The SMILES string of the molecule is CC(=O)C=C(C)O.CC(C)(C)C(=O)C=C(O)C(C)(C)C.CC(C)(C)c1c[c-]c(-c2nccc3ccccc23)cc1.COc1c[c-]c(-c2nccc3ccc(C)cc23)cc1.Cc1cc(-c2nccc3ccccc23)[c-]cc1F.Cc1cc2ccccc2nc1-c1[c-]cc(-c2ccccc2)cc1.FC(F)Oc1c[c-]c(-c2nccc3ccccc23)cc1.[Ir].[Ir].[Ir].[Ir].[Ir]. The molecule has 5 radical (unpaired) electrons. The van der Waals surface area contributed by atoms with Crippen LogP contribution in [0.25, 0.3) is 121 Å². The second kappa shape index (κ2) is 49.4. The summed E-state index contributed by atoms with van der Waals surface area (Å²) in [5, 5.41) is 28.1. The van der Waals surface area contributed by atoms with Crippen molar-refractivity contribution in [2.75, 3.05) is 7.11 Å². The maximum atomic E-state index is 13.3. The third-order valence-corrected chi connectivity index (χ3v) is 19.0. The van der Waals surface area contributed by atoms with E-state index in [9.17, 15) is 27.9 Å². The average Bonchev–Trinajstić information content (AvgIpc) is 0.818. The number of alkyl halides is 2. The summed E-state index contributed by atoms with van der Waals surface area (Å²) in [7, 11) is 1.66. The smallest absolute Gasteiger partial charge is 0.379 e. The van der Waals surface area contributed by atoms with Crippen molar-refractivity contribution in [1.29, 1.82) is 0 Å². The number of methoxy groups -OCH3 is 1. The molecule has 16 aromatic rings. The van der Waals surface area contributed by atoms with Gasteiger partial charge in [0.15, 0.2) is 11.6 Å². The van der Waals surface area contributed by atoms with E-state index in [2.05, 4.69) is 205 Å². The maximum Gasteiger partial charge on any atom is 0.379 e. The van der Waals surface area contributed by atoms with Gasteiger partial charge in [-0.15, -0.1) is 149 Å². The molecule has 0 saturated carbocycles. The van der Waals surface area contributed by atoms with Gasteiger partial charge in [-0.3, -0.25) is 19.0 Å². The first kappa shape index (κ1) is 105. The van der Waals surface area contributed by atoms with E-state index in [0.29, 0.717) is 5.56 Å². The number of aromatic nitrogens is 5. The molecule has 0 unspecified atom stereocenters. The van der Waals surface area contributed by atoms with E-state index in [1.807, 2.05) is 169 Å². The number of carbonyl (C=O) groups excluding carboxylic acids is 2. The van der Waals surface area contributed by atoms with Crippen LogP contribution in [-0.2, 0) is 116 Å². The summed E-state index contributed by atoms with van der Waals surface area (Å²) in [5.41, 5.74) is 16.3. The standard InChI is InChI=1S/C22H16N.C19H18N.C17H14NO.C16H10F2NO.C16H11FN.C11H20O2.C5H8O2.5Ir/c1-16-15-20-9-5-6-10-21(20)23-22(16)19-13-11-18(12-14-19)17-7-3-2-4-8-17;1-19(2,3)16-10-8-15(9-11-16)18-17-7-5-4-6-14(17)12-13-20-18;1-12-3-4-13-9-10-18-17(16(13)11-12)14-5-7-15(19-2)8-6-14;17-16(18)20-13-7-5-12(6-8-13)15-14-4-2-1-3-11(14)9-10-19-15;1-11-10-13(6-7-15(11)17)16-14-5-3-2-4-12(14)8-9-18-16;1-10(2,3)8(12)7-9(13)11(4,5)6;1-4(6)3-5(2)7;;;;;/h2-13,15H,1H3;4-8,10-13H,1-3H3;3-5,7-11H,1-2H3;1-5,7-10,16H;2-5,7-10H,1H3;7,12H,1-6H3;3,6H,1-2H3;;;;;/q5*-1;;;;;;;. The number of ether oxygens (including phenoxy) is 2. The van der Waals surface area contributed by atoms with Gasteiger partial charge in [0.25, 0.3) is 0 Å². The Morgan fingerprint density at radius 1 is 0.408 bits per heavy atom. The summed E-state index contributed by atoms with van der Waals surface area (Å²) in [6.45, 7) is 23.7. The molecule has 0 saturated heterocycles. The second-order valence-corrected chi connectivity index (χ2v) is 31.6. The van der Waals surface area contributed by atoms with Crippen molar-refractivity contribution < 1.29 is 143 Å². The predicted molar refractivity (Wildman–Crippen MR) is 483 cm³/mol. The van der Waals surface area contributed by atoms with Gasteiger partial charge >= 0.3 is 6.61 Å². The molecule has 2 N–H and O–H groups in total. The van der Waals surface area contributed by atoms with Crippen LogP contribution in [0.4, 0.5) is 13.2 Å². The van der Waals surface area contributed by atoms with Gasteiger partial charge in [0.05, 0.1) is 18.4 Å². The molecule has 0 fully saturated rings. The molecule has 125 heavy (non-hydrogen) atoms. The fourth-order valence-corrected chi connectivity index (χ4v) is 12.4. The number of nitrogens with zero attached hydrogens (tertiary/aromatic N) is 5. The molecule has 0 spiro atoms. The predicted octanol–water partition coefficient (Wildman–Crippen LogP) is 27.3. The number of benzene rings is 11. The Labute approximate surface area is 799 Å². The molecular weight excluding hydrogens is 2460 g/mol. The number of aliphatic hydroxyl groups is 2. The van der Waals surface area contributed by atoms with Crippen LogP contribution in [0, 0.1) is 67.8 Å². The molecule has 653 valence electrons. The van der Waals surface area contributed by atoms with Crippen molar-refractivity contribution in [2.24, 2.45) is 10.8 Å². The van der Waals surface area contributed by atoms with Crippen LogP contribution in [0.15, 0.2) is 309 Å². The van der Waals surface area contributed by atoms with Gasteiger partial charge in [-0.1, -0.05) is 243 Å². The first-order chi connectivity index (χ1) is 57.3. The Bertz CT molecular complexity index is 6220. The number of aliphatic hydroxyl groups excluding tert-OH is 2. The van der Waals surface area contributed by atoms with Crippen LogP contribution in [0.5, 0.6) is 11.5 Å². The number of hydrogen-bond donors (Lipinski definition) is 2. The van der Waals surface area contributed by atoms with Gasteiger partial charge in [-0.05, 0) is 140 Å². The molecule has 16 rings (SSSR count). The molecule has 5 aromatic heterocycles. The second-order valence-electron chi connectivity index (χ2n) is 31.6. The Kier molecular flexibility index (Phi) is 41.6. The minimum absolute atomic E-state index is 0. The minimum atomic E-state index is -2.83. The fourth-order valence-electron chi connectivity index (χ4n) is 12.4. The molecule has 11 nitrogen and oxygen atoms in total. The summed E-state index contributed by atoms with van der Waals surface area (Å²) in [6, 6.07) is 101. The number of ketones is 2. The molecular formula is C106H97F3Ir5N5O6-5. The van der Waals surface area contributed by atoms with Crippen molar-refractivity contribution >= 4 is 65.6 Å². The van der Waals surface area contributed by atoms with E-state index < -0.39 is 12.0 Å². The topological polar surface area (TPSA) is 158 Å². The number of pyridine rings is 5. The first-order valence-corrected chi connectivity index (χ1v) is 39.2. The van der Waals surface area contributed by atoms with Crippen molar-refractivity contribution in [3.63, 3.8) is 0 Å². The van der Waals surface area contributed by atoms with Crippen molar-refractivity contribution in [3.8, 4) is 78.9 Å². The quantitative estimate of drug-likeness (QED) is 0.0721. The summed E-state index contributed by atoms with van der Waals surface area (Å²) in [5.74, 6) is 0.697. The van der Waals surface area contributed by atoms with E-state index in [1.54, 1.807) is 38.6 Å². The minimum Gasteiger partial charge on any atom is -0.540 e. The molecule has 0 amide bonds. The summed E-state index contributed by atoms with van der Waals surface area (Å²) in [4.78, 5) is 44.1. The van der Waals surface area contributed by atoms with Crippen LogP contribution >= 0.6 is 0 Å². The monoisotopic (exact) mass is 2560 g/mol. The van der Waals surface area contributed by atoms with E-state index in [-0.39, 0.29) is 146 Å². The molecule has 0 aliphatic rings. The third kappa shape index (κ3) is 30.4. The molecule has 5 heterocycles. The van der Waals surface area contributed by atoms with E-state index in [0.717, 1.165) is 94.5 Å². The van der Waals surface area contributed by atoms with Crippen LogP contribution in [0.1, 0.15) is 98.4 Å². The average molecular weight is 2560 g/mol. The van der Waals surface area contributed by atoms with Gasteiger partial charge in [0.2, 0.25) is 0 Å². The van der Waals surface area contributed by atoms with Gasteiger partial charge in [-0.2, -0.15) is 8.78 Å². The van der Waals surface area contributed by atoms with Crippen molar-refractivity contribution in [1.82, 2.24) is 24.9 Å². The van der Waals surface area contributed by atoms with Gasteiger partial charge in [-0.25, -0.2) is 0 Å². The van der Waals surface area contributed by atoms with E-state index >= 15 is 0 Å². The zero-order valence-electron chi connectivity index (χ0n) is 71.9. The molecule has 0 aliphatic carbocycles. The van der Waals surface area contributed by atoms with Crippen LogP contribution in [-0.4, -0.2) is 60.4 Å². The third-order valence-electron chi connectivity index (χ3n) is 19.0. The number of aryl methyl sites for hydroxylation is 3. The first-order valence-electron chi connectivity index (χ1n) is 39.2. The van der Waals surface area contributed by atoms with Crippen LogP contribution in [0.3, 0.4) is 0 Å². The van der Waals surface area contributed by atoms with Crippen molar-refractivity contribution in [2.45, 2.75) is 109 Å². The number of allylic oxidation sites excluding steroid dienone is 4. The molecule has 19 heteroatoms. The van der Waals surface area contributed by atoms with Gasteiger partial charge in [0.1, 0.15) is 5.76 Å². The molecule has 0 aliphatic heterocycles. The van der Waals surface area contributed by atoms with E-state index in [4.69, 9.17) is 14.8 Å². The maximum absolute atomic E-state index is 13.3. The number of rotatable bonds is 11. The largest absolute Gasteiger partial charge is 0.540 e. The number of para-hydroxylation sites is 1. The Hall–Kier alpha value is -10.5. The molecule has 0 atom stereocenters. The Morgan fingerprint density at radius 3 is 1.26 bits per heavy atom. The van der Waals surface area contributed by atoms with Gasteiger partial charge < -0.3 is 39.6 Å². The summed E-state index contributed by atoms with van der Waals surface area (Å²) < 4.78 is 47.0. The van der Waals surface area contributed by atoms with Crippen LogP contribution < -0.4 is 9.47 Å². The van der Waals surface area contributed by atoms with Crippen molar-refractivity contribution in [3.05, 3.63) is 368 Å². The number of carbonyl (C=O) groups is 2. The Balaban J connectivity index is 0.000000262. The summed E-state index contributed by atoms with van der Waals surface area (Å²) in [6.07, 6.45) is 9.69.